The van der Waals surface area contributed by atoms with Crippen LogP contribution in [0.15, 0.2) is 42.5 Å². The molecule has 2 aromatic heterocycles. The number of piperidine rings is 1. The number of rotatable bonds is 3. The lowest BCUT2D eigenvalue weighted by Crippen LogP contribution is -2.25. The summed E-state index contributed by atoms with van der Waals surface area (Å²) in [4.78, 5) is 2.25. The number of anilines is 1. The van der Waals surface area contributed by atoms with Gasteiger partial charge in [0.25, 0.3) is 0 Å². The number of nitrogens with zero attached hydrogens (tertiary/aromatic N) is 5. The van der Waals surface area contributed by atoms with Crippen LogP contribution in [0, 0.1) is 17.8 Å². The summed E-state index contributed by atoms with van der Waals surface area (Å²) in [5.74, 6) is 2.96. The van der Waals surface area contributed by atoms with Gasteiger partial charge in [-0.15, -0.1) is 15.3 Å². The molecular formula is C17H16FN5. The number of hydrogen-bond acceptors (Lipinski definition) is 4. The van der Waals surface area contributed by atoms with E-state index in [9.17, 15) is 4.39 Å². The van der Waals surface area contributed by atoms with Crippen LogP contribution in [0.5, 0.6) is 0 Å². The molecule has 2 aliphatic rings. The highest BCUT2D eigenvalue weighted by Gasteiger charge is 2.55. The number of alkyl halides is 1. The van der Waals surface area contributed by atoms with Crippen molar-refractivity contribution in [2.24, 2.45) is 17.8 Å². The van der Waals surface area contributed by atoms with Crippen LogP contribution >= 0.6 is 0 Å². The third-order valence-electron chi connectivity index (χ3n) is 5.15. The van der Waals surface area contributed by atoms with Gasteiger partial charge in [0, 0.05) is 18.7 Å². The first kappa shape index (κ1) is 13.0. The van der Waals surface area contributed by atoms with Crippen LogP contribution in [0.2, 0.25) is 0 Å². The molecule has 1 aliphatic heterocycles. The number of hydrogen-bond donors (Lipinski definition) is 0. The highest BCUT2D eigenvalue weighted by atomic mass is 19.1. The van der Waals surface area contributed by atoms with Gasteiger partial charge in [0.1, 0.15) is 5.82 Å². The normalized spacial score (nSPS) is 25.8. The Kier molecular flexibility index (Phi) is 2.68. The maximum absolute atomic E-state index is 12.8. The van der Waals surface area contributed by atoms with E-state index in [-0.39, 0.29) is 12.6 Å². The molecule has 23 heavy (non-hydrogen) atoms. The summed E-state index contributed by atoms with van der Waals surface area (Å²) in [5.41, 5.74) is 1.73. The van der Waals surface area contributed by atoms with Crippen LogP contribution in [-0.4, -0.2) is 39.6 Å². The molecule has 0 N–H and O–H groups in total. The van der Waals surface area contributed by atoms with E-state index in [0.29, 0.717) is 11.8 Å². The van der Waals surface area contributed by atoms with Crippen LogP contribution in [-0.2, 0) is 0 Å². The molecule has 1 aromatic carbocycles. The molecule has 6 heteroatoms. The molecule has 0 bridgehead atoms. The van der Waals surface area contributed by atoms with Crippen LogP contribution < -0.4 is 4.90 Å². The molecule has 5 nitrogen and oxygen atoms in total. The van der Waals surface area contributed by atoms with E-state index in [1.165, 1.54) is 0 Å². The average molecular weight is 309 g/mol. The lowest BCUT2D eigenvalue weighted by Gasteiger charge is -2.20. The SMILES string of the molecule is FCC1[C@H]2CN(c3ccc4nnc(-c5ccccc5)n4n3)C[C@@H]12. The molecule has 0 radical (unpaired) electrons. The minimum absolute atomic E-state index is 0.181. The quantitative estimate of drug-likeness (QED) is 0.745. The lowest BCUT2D eigenvalue weighted by atomic mass is 10.2. The molecule has 3 heterocycles. The minimum Gasteiger partial charge on any atom is -0.355 e. The number of benzene rings is 1. The van der Waals surface area contributed by atoms with Gasteiger partial charge < -0.3 is 4.90 Å². The van der Waals surface area contributed by atoms with E-state index < -0.39 is 0 Å². The fourth-order valence-corrected chi connectivity index (χ4v) is 3.78. The number of aromatic nitrogens is 4. The van der Waals surface area contributed by atoms with Gasteiger partial charge >= 0.3 is 0 Å². The fraction of sp³-hybridized carbons (Fsp3) is 0.353. The van der Waals surface area contributed by atoms with Gasteiger partial charge in [-0.3, -0.25) is 4.39 Å². The molecule has 3 aromatic rings. The van der Waals surface area contributed by atoms with Crippen molar-refractivity contribution >= 4 is 11.5 Å². The van der Waals surface area contributed by atoms with E-state index in [1.54, 1.807) is 4.52 Å². The van der Waals surface area contributed by atoms with Crippen LogP contribution in [0.25, 0.3) is 17.0 Å². The van der Waals surface area contributed by atoms with E-state index in [1.807, 2.05) is 42.5 Å². The smallest absolute Gasteiger partial charge is 0.185 e. The Hall–Kier alpha value is -2.50. The minimum atomic E-state index is -0.181. The third-order valence-corrected chi connectivity index (χ3v) is 5.15. The standard InChI is InChI=1S/C17H16FN5/c18-8-12-13-9-22(10-14(12)13)16-7-6-15-19-20-17(23(15)21-16)11-4-2-1-3-5-11/h1-7,12-14H,8-10H2/t12?,13-,14+. The first-order valence-corrected chi connectivity index (χ1v) is 7.94. The van der Waals surface area contributed by atoms with Crippen molar-refractivity contribution in [3.05, 3.63) is 42.5 Å². The molecule has 1 unspecified atom stereocenters. The summed E-state index contributed by atoms with van der Waals surface area (Å²) in [6, 6.07) is 13.9. The van der Waals surface area contributed by atoms with Crippen molar-refractivity contribution in [3.63, 3.8) is 0 Å². The Labute approximate surface area is 132 Å². The highest BCUT2D eigenvalue weighted by molar-refractivity contribution is 5.59. The highest BCUT2D eigenvalue weighted by Crippen LogP contribution is 2.52. The molecular weight excluding hydrogens is 293 g/mol. The fourth-order valence-electron chi connectivity index (χ4n) is 3.78. The first-order chi connectivity index (χ1) is 11.3. The van der Waals surface area contributed by atoms with Gasteiger partial charge in [0.15, 0.2) is 11.5 Å². The predicted molar refractivity (Wildman–Crippen MR) is 84.9 cm³/mol. The van der Waals surface area contributed by atoms with E-state index >= 15 is 0 Å². The molecule has 1 saturated carbocycles. The summed E-state index contributed by atoms with van der Waals surface area (Å²) in [7, 11) is 0. The zero-order chi connectivity index (χ0) is 15.4. The van der Waals surface area contributed by atoms with E-state index in [4.69, 9.17) is 5.10 Å². The van der Waals surface area contributed by atoms with Crippen LogP contribution in [0.3, 0.4) is 0 Å². The van der Waals surface area contributed by atoms with Gasteiger partial charge in [-0.1, -0.05) is 30.3 Å². The van der Waals surface area contributed by atoms with Gasteiger partial charge in [-0.2, -0.15) is 4.52 Å². The van der Waals surface area contributed by atoms with Gasteiger partial charge in [0.05, 0.1) is 6.67 Å². The van der Waals surface area contributed by atoms with Gasteiger partial charge in [-0.05, 0) is 29.9 Å². The van der Waals surface area contributed by atoms with Crippen LogP contribution in [0.4, 0.5) is 10.2 Å². The Morgan fingerprint density at radius 1 is 1.00 bits per heavy atom. The van der Waals surface area contributed by atoms with Crippen molar-refractivity contribution in [1.82, 2.24) is 19.8 Å². The number of fused-ring (bicyclic) bond motifs is 2. The molecule has 0 amide bonds. The Balaban J connectivity index is 1.50. The monoisotopic (exact) mass is 309 g/mol. The molecule has 116 valence electrons. The lowest BCUT2D eigenvalue weighted by molar-refractivity contribution is 0.420. The van der Waals surface area contributed by atoms with Gasteiger partial charge in [-0.25, -0.2) is 0 Å². The average Bonchev–Trinajstić information content (AvgIpc) is 2.95. The first-order valence-electron chi connectivity index (χ1n) is 7.94. The summed E-state index contributed by atoms with van der Waals surface area (Å²) in [5, 5.41) is 13.2. The second-order valence-electron chi connectivity index (χ2n) is 6.40. The topological polar surface area (TPSA) is 46.3 Å². The molecule has 2 fully saturated rings. The zero-order valence-corrected chi connectivity index (χ0v) is 12.5. The van der Waals surface area contributed by atoms with Crippen molar-refractivity contribution in [3.8, 4) is 11.4 Å². The van der Waals surface area contributed by atoms with Crippen molar-refractivity contribution in [2.75, 3.05) is 24.7 Å². The third kappa shape index (κ3) is 1.94. The second-order valence-corrected chi connectivity index (χ2v) is 6.40. The maximum Gasteiger partial charge on any atom is 0.185 e. The van der Waals surface area contributed by atoms with Crippen molar-refractivity contribution in [2.45, 2.75) is 0 Å². The summed E-state index contributed by atoms with van der Waals surface area (Å²) < 4.78 is 14.6. The Morgan fingerprint density at radius 3 is 2.52 bits per heavy atom. The summed E-state index contributed by atoms with van der Waals surface area (Å²) in [6.45, 7) is 1.63. The van der Waals surface area contributed by atoms with Gasteiger partial charge in [0.2, 0.25) is 0 Å². The molecule has 0 spiro atoms. The maximum atomic E-state index is 12.8. The Morgan fingerprint density at radius 2 is 1.78 bits per heavy atom. The van der Waals surface area contributed by atoms with Crippen molar-refractivity contribution in [1.29, 1.82) is 0 Å². The van der Waals surface area contributed by atoms with Crippen molar-refractivity contribution < 1.29 is 4.39 Å². The molecule has 3 atom stereocenters. The molecule has 5 rings (SSSR count). The molecule has 1 saturated heterocycles. The Bertz CT molecular complexity index is 850. The summed E-state index contributed by atoms with van der Waals surface area (Å²) >= 11 is 0. The largest absolute Gasteiger partial charge is 0.355 e. The molecule has 1 aliphatic carbocycles. The zero-order valence-electron chi connectivity index (χ0n) is 12.5. The predicted octanol–water partition coefficient (Wildman–Crippen LogP) is 2.44. The van der Waals surface area contributed by atoms with Crippen LogP contribution in [0.1, 0.15) is 0 Å². The second kappa shape index (κ2) is 4.75. The number of halogens is 1. The van der Waals surface area contributed by atoms with E-state index in [2.05, 4.69) is 15.1 Å². The summed E-state index contributed by atoms with van der Waals surface area (Å²) in [6.07, 6.45) is 0. The van der Waals surface area contributed by atoms with E-state index in [0.717, 1.165) is 35.9 Å².